The van der Waals surface area contributed by atoms with Gasteiger partial charge in [-0.3, -0.25) is 24.2 Å². The lowest BCUT2D eigenvalue weighted by molar-refractivity contribution is 0.0972. The van der Waals surface area contributed by atoms with Gasteiger partial charge in [0.25, 0.3) is 11.8 Å². The number of halogens is 3. The van der Waals surface area contributed by atoms with Crippen LogP contribution in [0.3, 0.4) is 0 Å². The fraction of sp³-hybridized carbons (Fsp3) is 0.182. The Morgan fingerprint density at radius 3 is 1.80 bits per heavy atom. The normalized spacial score (nSPS) is 14.1. The molecular weight excluding hydrogens is 663 g/mol. The summed E-state index contributed by atoms with van der Waals surface area (Å²) in [4.78, 5) is 37.3. The van der Waals surface area contributed by atoms with Gasteiger partial charge in [0.2, 0.25) is 0 Å². The zero-order valence-electron chi connectivity index (χ0n) is 24.0. The molecule has 5 heterocycles. The average Bonchev–Trinajstić information content (AvgIpc) is 3.35. The van der Waals surface area contributed by atoms with Crippen LogP contribution in [0.5, 0.6) is 0 Å². The van der Waals surface area contributed by atoms with Gasteiger partial charge in [0.15, 0.2) is 0 Å². The summed E-state index contributed by atoms with van der Waals surface area (Å²) in [6.45, 7) is 3.21. The summed E-state index contributed by atoms with van der Waals surface area (Å²) in [6.07, 6.45) is 8.49. The number of carbonyl (C=O) groups excluding carboxylic acids is 2. The molecule has 8 nitrogen and oxygen atoms in total. The topological polar surface area (TPSA) is 84.2 Å². The summed E-state index contributed by atoms with van der Waals surface area (Å²) >= 11 is 15.4. The van der Waals surface area contributed by atoms with Crippen LogP contribution in [0.2, 0.25) is 10.0 Å². The van der Waals surface area contributed by atoms with E-state index in [9.17, 15) is 9.59 Å². The SMILES string of the molecule is Cc1cc(-c2cncc(N3CCc4cc(Cl)ccc4C3=O)c2)n(C)n1.O=C1c2ccc(Cl)cc2CCN1c1cncc(Br)c1. The van der Waals surface area contributed by atoms with Crippen LogP contribution >= 0.6 is 39.1 Å². The minimum Gasteiger partial charge on any atom is -0.306 e. The van der Waals surface area contributed by atoms with Crippen molar-refractivity contribution < 1.29 is 9.59 Å². The van der Waals surface area contributed by atoms with E-state index in [4.69, 9.17) is 23.2 Å². The Bertz CT molecular complexity index is 1910. The van der Waals surface area contributed by atoms with Crippen molar-refractivity contribution in [2.75, 3.05) is 22.9 Å². The third-order valence-electron chi connectivity index (χ3n) is 7.63. The number of aryl methyl sites for hydroxylation is 2. The molecule has 0 aliphatic carbocycles. The molecule has 0 bridgehead atoms. The van der Waals surface area contributed by atoms with Gasteiger partial charge in [-0.15, -0.1) is 0 Å². The molecule has 0 atom stereocenters. The molecule has 222 valence electrons. The molecule has 0 unspecified atom stereocenters. The maximum Gasteiger partial charge on any atom is 0.258 e. The largest absolute Gasteiger partial charge is 0.306 e. The molecule has 2 aromatic carbocycles. The lowest BCUT2D eigenvalue weighted by Gasteiger charge is -2.28. The predicted octanol–water partition coefficient (Wildman–Crippen LogP) is 7.35. The zero-order chi connectivity index (χ0) is 31.0. The van der Waals surface area contributed by atoms with Gasteiger partial charge >= 0.3 is 0 Å². The Labute approximate surface area is 273 Å². The van der Waals surface area contributed by atoms with E-state index in [2.05, 4.69) is 31.0 Å². The van der Waals surface area contributed by atoms with Crippen LogP contribution in [-0.4, -0.2) is 44.7 Å². The molecule has 2 aliphatic rings. The molecule has 7 rings (SSSR count). The fourth-order valence-corrected chi connectivity index (χ4v) is 6.29. The quantitative estimate of drug-likeness (QED) is 0.198. The Balaban J connectivity index is 0.000000162. The molecule has 0 fully saturated rings. The summed E-state index contributed by atoms with van der Waals surface area (Å²) in [5.41, 5.74) is 7.90. The average molecular weight is 690 g/mol. The first-order valence-corrected chi connectivity index (χ1v) is 15.5. The van der Waals surface area contributed by atoms with Crippen LogP contribution in [0.4, 0.5) is 11.4 Å². The van der Waals surface area contributed by atoms with Gasteiger partial charge in [-0.2, -0.15) is 5.10 Å². The third-order valence-corrected chi connectivity index (χ3v) is 8.53. The number of carbonyl (C=O) groups is 2. The maximum absolute atomic E-state index is 12.9. The molecule has 3 aromatic heterocycles. The fourth-order valence-electron chi connectivity index (χ4n) is 5.55. The number of hydrogen-bond acceptors (Lipinski definition) is 5. The number of hydrogen-bond donors (Lipinski definition) is 0. The van der Waals surface area contributed by atoms with E-state index in [-0.39, 0.29) is 11.8 Å². The number of amides is 2. The van der Waals surface area contributed by atoms with E-state index in [1.54, 1.807) is 58.9 Å². The van der Waals surface area contributed by atoms with Crippen molar-refractivity contribution in [3.8, 4) is 11.3 Å². The molecule has 0 N–H and O–H groups in total. The first-order chi connectivity index (χ1) is 21.2. The Hall–Kier alpha value is -4.05. The molecule has 44 heavy (non-hydrogen) atoms. The van der Waals surface area contributed by atoms with Gasteiger partial charge in [0, 0.05) is 63.7 Å². The Kier molecular flexibility index (Phi) is 8.53. The highest BCUT2D eigenvalue weighted by molar-refractivity contribution is 9.10. The van der Waals surface area contributed by atoms with E-state index in [1.807, 2.05) is 49.0 Å². The van der Waals surface area contributed by atoms with Crippen molar-refractivity contribution in [1.29, 1.82) is 0 Å². The molecule has 0 saturated heterocycles. The summed E-state index contributed by atoms with van der Waals surface area (Å²) < 4.78 is 2.69. The monoisotopic (exact) mass is 688 g/mol. The number of pyridine rings is 2. The minimum absolute atomic E-state index is 0.00202. The van der Waals surface area contributed by atoms with E-state index < -0.39 is 0 Å². The van der Waals surface area contributed by atoms with Gasteiger partial charge in [0.1, 0.15) is 0 Å². The van der Waals surface area contributed by atoms with Crippen LogP contribution in [0.1, 0.15) is 37.5 Å². The highest BCUT2D eigenvalue weighted by Gasteiger charge is 2.27. The molecular formula is C33H27BrCl2N6O2. The third kappa shape index (κ3) is 6.13. The first kappa shape index (κ1) is 30.0. The Morgan fingerprint density at radius 2 is 1.27 bits per heavy atom. The molecule has 11 heteroatoms. The lowest BCUT2D eigenvalue weighted by atomic mass is 9.98. The lowest BCUT2D eigenvalue weighted by Crippen LogP contribution is -2.37. The van der Waals surface area contributed by atoms with Crippen molar-refractivity contribution in [1.82, 2.24) is 19.7 Å². The molecule has 0 saturated carbocycles. The first-order valence-electron chi connectivity index (χ1n) is 13.9. The number of anilines is 2. The van der Waals surface area contributed by atoms with E-state index >= 15 is 0 Å². The zero-order valence-corrected chi connectivity index (χ0v) is 27.1. The number of rotatable bonds is 3. The maximum atomic E-state index is 12.9. The molecule has 0 radical (unpaired) electrons. The standard InChI is InChI=1S/C19H17ClN4O.C14H10BrClN2O/c1-12-7-18(23(2)22-12)14-9-16(11-21-10-14)24-6-5-13-8-15(20)3-4-17(13)19(24)25;15-10-6-12(8-17-7-10)18-4-3-9-5-11(16)1-2-13(9)14(18)19/h3-4,7-11H,5-6H2,1-2H3;1-2,5-8H,3-4H2. The van der Waals surface area contributed by atoms with Crippen molar-refractivity contribution in [3.63, 3.8) is 0 Å². The summed E-state index contributed by atoms with van der Waals surface area (Å²) in [5, 5.41) is 5.71. The van der Waals surface area contributed by atoms with Crippen LogP contribution in [0.25, 0.3) is 11.3 Å². The van der Waals surface area contributed by atoms with Crippen molar-refractivity contribution >= 4 is 62.3 Å². The van der Waals surface area contributed by atoms with Gasteiger partial charge in [-0.1, -0.05) is 23.2 Å². The van der Waals surface area contributed by atoms with E-state index in [0.29, 0.717) is 28.7 Å². The highest BCUT2D eigenvalue weighted by atomic mass is 79.9. The molecule has 0 spiro atoms. The smallest absolute Gasteiger partial charge is 0.258 e. The Morgan fingerprint density at radius 1 is 0.727 bits per heavy atom. The highest BCUT2D eigenvalue weighted by Crippen LogP contribution is 2.30. The summed E-state index contributed by atoms with van der Waals surface area (Å²) in [6, 6.07) is 16.7. The molecule has 2 aliphatic heterocycles. The van der Waals surface area contributed by atoms with E-state index in [1.165, 1.54) is 0 Å². The van der Waals surface area contributed by atoms with Crippen LogP contribution in [-0.2, 0) is 19.9 Å². The van der Waals surface area contributed by atoms with Crippen LogP contribution in [0.15, 0.2) is 83.9 Å². The number of nitrogens with zero attached hydrogens (tertiary/aromatic N) is 6. The second kappa shape index (κ2) is 12.5. The number of benzene rings is 2. The number of aromatic nitrogens is 4. The van der Waals surface area contributed by atoms with Gasteiger partial charge in [0.05, 0.1) is 35.2 Å². The predicted molar refractivity (Wildman–Crippen MR) is 177 cm³/mol. The molecule has 2 amide bonds. The van der Waals surface area contributed by atoms with Crippen molar-refractivity contribution in [2.45, 2.75) is 19.8 Å². The summed E-state index contributed by atoms with van der Waals surface area (Å²) in [5.74, 6) is -0.0177. The van der Waals surface area contributed by atoms with Crippen molar-refractivity contribution in [2.24, 2.45) is 7.05 Å². The van der Waals surface area contributed by atoms with Gasteiger partial charge < -0.3 is 9.80 Å². The second-order valence-corrected chi connectivity index (χ2v) is 12.4. The van der Waals surface area contributed by atoms with Crippen LogP contribution < -0.4 is 9.80 Å². The number of fused-ring (bicyclic) bond motifs is 2. The minimum atomic E-state index is -0.0157. The summed E-state index contributed by atoms with van der Waals surface area (Å²) in [7, 11) is 1.90. The molecule has 5 aromatic rings. The van der Waals surface area contributed by atoms with E-state index in [0.717, 1.165) is 62.3 Å². The van der Waals surface area contributed by atoms with Gasteiger partial charge in [-0.05, 0) is 101 Å². The van der Waals surface area contributed by atoms with Crippen LogP contribution in [0, 0.1) is 6.92 Å². The second-order valence-electron chi connectivity index (χ2n) is 10.6. The van der Waals surface area contributed by atoms with Gasteiger partial charge in [-0.25, -0.2) is 0 Å². The van der Waals surface area contributed by atoms with Crippen molar-refractivity contribution in [3.05, 3.63) is 122 Å².